The number of hydrogen-bond donors (Lipinski definition) is 2. The third-order valence-corrected chi connectivity index (χ3v) is 5.63. The summed E-state index contributed by atoms with van der Waals surface area (Å²) in [5.41, 5.74) is -0.827. The maximum absolute atomic E-state index is 13.3. The van der Waals surface area contributed by atoms with E-state index < -0.39 is 29.5 Å². The van der Waals surface area contributed by atoms with Crippen molar-refractivity contribution in [2.24, 2.45) is 0 Å². The number of hydrogen-bond acceptors (Lipinski definition) is 6. The topological polar surface area (TPSA) is 116 Å². The molecule has 4 rings (SSSR count). The number of carbonyl (C=O) groups excluding carboxylic acids is 2. The number of anilines is 2. The highest BCUT2D eigenvalue weighted by atomic mass is 19.4. The largest absolute Gasteiger partial charge is 0.478 e. The second kappa shape index (κ2) is 10.0. The van der Waals surface area contributed by atoms with Crippen molar-refractivity contribution in [2.75, 3.05) is 36.4 Å². The minimum atomic E-state index is -4.63. The molecule has 2 N–H and O–H groups in total. The van der Waals surface area contributed by atoms with E-state index in [0.29, 0.717) is 24.6 Å². The summed E-state index contributed by atoms with van der Waals surface area (Å²) in [6, 6.07) is 13.4. The molecule has 0 spiro atoms. The van der Waals surface area contributed by atoms with E-state index in [4.69, 9.17) is 5.11 Å². The Balaban J connectivity index is 1.36. The van der Waals surface area contributed by atoms with Gasteiger partial charge in [-0.2, -0.15) is 13.2 Å². The number of halogens is 3. The van der Waals surface area contributed by atoms with E-state index >= 15 is 0 Å². The molecule has 1 fully saturated rings. The summed E-state index contributed by atoms with van der Waals surface area (Å²) < 4.78 is 39.8. The number of carboxylic acids is 1. The third kappa shape index (κ3) is 5.43. The number of benzene rings is 2. The molecule has 0 radical (unpaired) electrons. The van der Waals surface area contributed by atoms with Crippen molar-refractivity contribution in [3.05, 3.63) is 83.0 Å². The predicted molar refractivity (Wildman–Crippen MR) is 123 cm³/mol. The van der Waals surface area contributed by atoms with Gasteiger partial charge in [0.25, 0.3) is 11.8 Å². The van der Waals surface area contributed by atoms with Crippen molar-refractivity contribution >= 4 is 29.3 Å². The van der Waals surface area contributed by atoms with E-state index in [1.54, 1.807) is 6.07 Å². The van der Waals surface area contributed by atoms with Gasteiger partial charge in [0.05, 0.1) is 16.7 Å². The molecule has 2 aromatic carbocycles. The Morgan fingerprint density at radius 2 is 1.53 bits per heavy atom. The van der Waals surface area contributed by atoms with Gasteiger partial charge in [-0.3, -0.25) is 9.59 Å². The van der Waals surface area contributed by atoms with E-state index in [1.807, 2.05) is 4.90 Å². The van der Waals surface area contributed by atoms with Crippen LogP contribution in [0.15, 0.2) is 60.7 Å². The van der Waals surface area contributed by atoms with Crippen LogP contribution in [0.5, 0.6) is 0 Å². The van der Waals surface area contributed by atoms with Gasteiger partial charge in [-0.05, 0) is 48.5 Å². The number of rotatable bonds is 5. The molecule has 1 aromatic heterocycles. The summed E-state index contributed by atoms with van der Waals surface area (Å²) in [7, 11) is 0. The van der Waals surface area contributed by atoms with Crippen LogP contribution in [0.3, 0.4) is 0 Å². The van der Waals surface area contributed by atoms with Crippen molar-refractivity contribution in [1.29, 1.82) is 0 Å². The van der Waals surface area contributed by atoms with Crippen LogP contribution < -0.4 is 10.2 Å². The molecular formula is C24H20F3N5O4. The normalized spacial score (nSPS) is 13.9. The van der Waals surface area contributed by atoms with Gasteiger partial charge in [-0.15, -0.1) is 10.2 Å². The third-order valence-electron chi connectivity index (χ3n) is 5.63. The van der Waals surface area contributed by atoms with Crippen LogP contribution in [-0.2, 0) is 6.18 Å². The number of nitrogens with zero attached hydrogens (tertiary/aromatic N) is 4. The lowest BCUT2D eigenvalue weighted by Gasteiger charge is -2.35. The Labute approximate surface area is 203 Å². The summed E-state index contributed by atoms with van der Waals surface area (Å²) in [5.74, 6) is -1.83. The molecule has 9 nitrogen and oxygen atoms in total. The summed E-state index contributed by atoms with van der Waals surface area (Å²) in [6.07, 6.45) is -4.63. The molecule has 0 aliphatic carbocycles. The van der Waals surface area contributed by atoms with Gasteiger partial charge in [0.15, 0.2) is 11.5 Å². The smallest absolute Gasteiger partial charge is 0.417 e. The van der Waals surface area contributed by atoms with Crippen LogP contribution in [0, 0.1) is 0 Å². The molecular weight excluding hydrogens is 479 g/mol. The molecule has 0 saturated carbocycles. The fraction of sp³-hybridized carbons (Fsp3) is 0.208. The molecule has 3 aromatic rings. The van der Waals surface area contributed by atoms with Gasteiger partial charge in [0.2, 0.25) is 0 Å². The average Bonchev–Trinajstić information content (AvgIpc) is 2.88. The van der Waals surface area contributed by atoms with Gasteiger partial charge in [-0.25, -0.2) is 4.79 Å². The molecule has 0 bridgehead atoms. The Bertz CT molecular complexity index is 1270. The molecule has 1 aliphatic rings. The maximum atomic E-state index is 13.3. The zero-order chi connectivity index (χ0) is 25.9. The van der Waals surface area contributed by atoms with Crippen molar-refractivity contribution in [1.82, 2.24) is 15.1 Å². The number of carboxylic acid groups (broad SMARTS) is 1. The number of aromatic carboxylic acids is 1. The Hall–Kier alpha value is -4.48. The number of aromatic nitrogens is 2. The second-order valence-corrected chi connectivity index (χ2v) is 7.94. The number of nitrogens with one attached hydrogen (secondary N) is 1. The van der Waals surface area contributed by atoms with Crippen LogP contribution in [0.1, 0.15) is 36.8 Å². The number of amides is 2. The van der Waals surface area contributed by atoms with Crippen LogP contribution in [0.25, 0.3) is 0 Å². The highest BCUT2D eigenvalue weighted by molar-refractivity contribution is 6.03. The minimum absolute atomic E-state index is 0.0404. The summed E-state index contributed by atoms with van der Waals surface area (Å²) in [5, 5.41) is 19.5. The molecule has 1 aliphatic heterocycles. The number of carbonyl (C=O) groups is 3. The second-order valence-electron chi connectivity index (χ2n) is 7.94. The van der Waals surface area contributed by atoms with E-state index in [9.17, 15) is 27.6 Å². The highest BCUT2D eigenvalue weighted by Crippen LogP contribution is 2.32. The van der Waals surface area contributed by atoms with Crippen molar-refractivity contribution in [2.45, 2.75) is 6.18 Å². The van der Waals surface area contributed by atoms with Gasteiger partial charge >= 0.3 is 12.1 Å². The first-order valence-electron chi connectivity index (χ1n) is 10.8. The van der Waals surface area contributed by atoms with E-state index in [2.05, 4.69) is 15.5 Å². The van der Waals surface area contributed by atoms with Crippen molar-refractivity contribution in [3.63, 3.8) is 0 Å². The first-order chi connectivity index (χ1) is 17.1. The summed E-state index contributed by atoms with van der Waals surface area (Å²) >= 11 is 0. The first-order valence-corrected chi connectivity index (χ1v) is 10.8. The predicted octanol–water partition coefficient (Wildman–Crippen LogP) is 3.41. The number of alkyl halides is 3. The van der Waals surface area contributed by atoms with Crippen molar-refractivity contribution in [3.8, 4) is 0 Å². The standard InChI is InChI=1S/C24H20F3N5O4/c25-24(26,27)18-4-2-1-3-17(18)22(34)32-13-11-31(12-14-32)20-10-9-19(29-30-20)21(33)28-16-7-5-15(6-8-16)23(35)36/h1-10H,11-14H2,(H,28,33)(H,35,36). The minimum Gasteiger partial charge on any atom is -0.478 e. The van der Waals surface area contributed by atoms with E-state index in [0.717, 1.165) is 6.07 Å². The van der Waals surface area contributed by atoms with Crippen molar-refractivity contribution < 1.29 is 32.7 Å². The molecule has 0 atom stereocenters. The average molecular weight is 499 g/mol. The lowest BCUT2D eigenvalue weighted by atomic mass is 10.1. The molecule has 186 valence electrons. The van der Waals surface area contributed by atoms with Gasteiger partial charge in [-0.1, -0.05) is 12.1 Å². The molecule has 1 saturated heterocycles. The SMILES string of the molecule is O=C(O)c1ccc(NC(=O)c2ccc(N3CCN(C(=O)c4ccccc4C(F)(F)F)CC3)nn2)cc1. The van der Waals surface area contributed by atoms with Crippen LogP contribution in [0.2, 0.25) is 0 Å². The molecule has 2 heterocycles. The van der Waals surface area contributed by atoms with E-state index in [-0.39, 0.29) is 29.9 Å². The summed E-state index contributed by atoms with van der Waals surface area (Å²) in [6.45, 7) is 1.05. The molecule has 36 heavy (non-hydrogen) atoms. The zero-order valence-corrected chi connectivity index (χ0v) is 18.7. The van der Waals surface area contributed by atoms with Crippen LogP contribution in [-0.4, -0.2) is 64.2 Å². The molecule has 2 amide bonds. The Morgan fingerprint density at radius 3 is 2.11 bits per heavy atom. The Kier molecular flexibility index (Phi) is 6.86. The van der Waals surface area contributed by atoms with Gasteiger partial charge in [0.1, 0.15) is 0 Å². The number of piperazine rings is 1. The quantitative estimate of drug-likeness (QED) is 0.553. The fourth-order valence-electron chi connectivity index (χ4n) is 3.73. The molecule has 0 unspecified atom stereocenters. The molecule has 12 heteroatoms. The fourth-order valence-corrected chi connectivity index (χ4v) is 3.73. The Morgan fingerprint density at radius 1 is 0.861 bits per heavy atom. The van der Waals surface area contributed by atoms with E-state index in [1.165, 1.54) is 53.4 Å². The monoisotopic (exact) mass is 499 g/mol. The van der Waals surface area contributed by atoms with Crippen LogP contribution >= 0.6 is 0 Å². The zero-order valence-electron chi connectivity index (χ0n) is 18.7. The lowest BCUT2D eigenvalue weighted by Crippen LogP contribution is -2.49. The lowest BCUT2D eigenvalue weighted by molar-refractivity contribution is -0.138. The van der Waals surface area contributed by atoms with Crippen LogP contribution in [0.4, 0.5) is 24.7 Å². The van der Waals surface area contributed by atoms with Gasteiger partial charge in [0, 0.05) is 31.9 Å². The highest BCUT2D eigenvalue weighted by Gasteiger charge is 2.36. The van der Waals surface area contributed by atoms with Gasteiger partial charge < -0.3 is 20.2 Å². The first kappa shape index (κ1) is 24.6. The summed E-state index contributed by atoms with van der Waals surface area (Å²) in [4.78, 5) is 39.2. The maximum Gasteiger partial charge on any atom is 0.417 e.